The molecular weight excluding hydrogens is 368 g/mol. The van der Waals surface area contributed by atoms with Crippen LogP contribution in [0.25, 0.3) is 0 Å². The van der Waals surface area contributed by atoms with E-state index < -0.39 is 0 Å². The van der Waals surface area contributed by atoms with Crippen molar-refractivity contribution in [2.45, 2.75) is 12.5 Å². The highest BCUT2D eigenvalue weighted by atomic mass is 35.5. The Balaban J connectivity index is 1.42. The van der Waals surface area contributed by atoms with Gasteiger partial charge in [-0.05, 0) is 36.4 Å². The molecule has 6 nitrogen and oxygen atoms in total. The predicted octanol–water partition coefficient (Wildman–Crippen LogP) is 2.76. The molecule has 1 heterocycles. The highest BCUT2D eigenvalue weighted by Crippen LogP contribution is 2.30. The number of carbonyl (C=O) groups is 2. The van der Waals surface area contributed by atoms with Crippen LogP contribution < -0.4 is 14.8 Å². The molecule has 1 atom stereocenters. The molecule has 0 aliphatic carbocycles. The maximum absolute atomic E-state index is 12.3. The molecule has 2 amide bonds. The molecule has 0 bridgehead atoms. The van der Waals surface area contributed by atoms with E-state index in [1.165, 1.54) is 0 Å². The van der Waals surface area contributed by atoms with Crippen molar-refractivity contribution in [2.24, 2.45) is 0 Å². The van der Waals surface area contributed by atoms with Gasteiger partial charge in [-0.2, -0.15) is 0 Å². The lowest BCUT2D eigenvalue weighted by atomic mass is 10.2. The van der Waals surface area contributed by atoms with E-state index in [4.69, 9.17) is 21.1 Å². The molecule has 0 unspecified atom stereocenters. The Hall–Kier alpha value is -2.73. The van der Waals surface area contributed by atoms with Gasteiger partial charge >= 0.3 is 0 Å². The number of benzene rings is 2. The lowest BCUT2D eigenvalue weighted by Crippen LogP contribution is -2.42. The fourth-order valence-corrected chi connectivity index (χ4v) is 2.86. The van der Waals surface area contributed by atoms with Crippen molar-refractivity contribution >= 4 is 23.4 Å². The lowest BCUT2D eigenvalue weighted by Gasteiger charge is -2.29. The van der Waals surface area contributed by atoms with E-state index in [2.05, 4.69) is 5.32 Å². The third kappa shape index (κ3) is 5.14. The number of nitrogens with zero attached hydrogens (tertiary/aromatic N) is 1. The lowest BCUT2D eigenvalue weighted by molar-refractivity contribution is -0.131. The number of fused-ring (bicyclic) bond motifs is 1. The number of rotatable bonds is 6. The van der Waals surface area contributed by atoms with Crippen LogP contribution in [0.2, 0.25) is 5.02 Å². The zero-order chi connectivity index (χ0) is 19.2. The van der Waals surface area contributed by atoms with Crippen molar-refractivity contribution in [3.8, 4) is 11.5 Å². The summed E-state index contributed by atoms with van der Waals surface area (Å²) in [5.41, 5.74) is 0.506. The maximum Gasteiger partial charge on any atom is 0.251 e. The minimum absolute atomic E-state index is 0.0751. The first-order chi connectivity index (χ1) is 13.0. The van der Waals surface area contributed by atoms with E-state index in [1.807, 2.05) is 24.3 Å². The number of halogens is 1. The van der Waals surface area contributed by atoms with Gasteiger partial charge in [0.25, 0.3) is 5.91 Å². The van der Waals surface area contributed by atoms with Crippen LogP contribution in [0.5, 0.6) is 11.5 Å². The Morgan fingerprint density at radius 1 is 1.15 bits per heavy atom. The number of carbonyl (C=O) groups excluding carboxylic acids is 2. The van der Waals surface area contributed by atoms with Crippen LogP contribution in [0.15, 0.2) is 48.5 Å². The summed E-state index contributed by atoms with van der Waals surface area (Å²) >= 11 is 5.80. The van der Waals surface area contributed by atoms with Gasteiger partial charge in [0.2, 0.25) is 5.91 Å². The summed E-state index contributed by atoms with van der Waals surface area (Å²) in [6, 6.07) is 14.0. The van der Waals surface area contributed by atoms with Gasteiger partial charge in [0.15, 0.2) is 17.6 Å². The van der Waals surface area contributed by atoms with Crippen molar-refractivity contribution in [3.05, 3.63) is 59.1 Å². The van der Waals surface area contributed by atoms with Crippen molar-refractivity contribution in [1.82, 2.24) is 10.2 Å². The van der Waals surface area contributed by atoms with Crippen LogP contribution >= 0.6 is 11.6 Å². The van der Waals surface area contributed by atoms with Crippen LogP contribution in [-0.4, -0.2) is 49.6 Å². The summed E-state index contributed by atoms with van der Waals surface area (Å²) in [6.45, 7) is 1.07. The van der Waals surface area contributed by atoms with Crippen molar-refractivity contribution in [2.75, 3.05) is 26.7 Å². The second kappa shape index (κ2) is 8.77. The van der Waals surface area contributed by atoms with E-state index >= 15 is 0 Å². The van der Waals surface area contributed by atoms with E-state index in [1.54, 1.807) is 36.2 Å². The smallest absolute Gasteiger partial charge is 0.251 e. The van der Waals surface area contributed by atoms with Gasteiger partial charge in [0, 0.05) is 30.6 Å². The van der Waals surface area contributed by atoms with E-state index in [0.29, 0.717) is 35.2 Å². The molecule has 27 heavy (non-hydrogen) atoms. The van der Waals surface area contributed by atoms with Crippen LogP contribution in [0.1, 0.15) is 16.8 Å². The molecular formula is C20H21ClN2O4. The minimum Gasteiger partial charge on any atom is -0.486 e. The van der Waals surface area contributed by atoms with E-state index in [-0.39, 0.29) is 30.9 Å². The first-order valence-electron chi connectivity index (χ1n) is 8.69. The third-order valence-electron chi connectivity index (χ3n) is 4.20. The molecule has 2 aromatic rings. The van der Waals surface area contributed by atoms with E-state index in [9.17, 15) is 9.59 Å². The quantitative estimate of drug-likeness (QED) is 0.826. The molecule has 1 aliphatic rings. The maximum atomic E-state index is 12.3. The van der Waals surface area contributed by atoms with Crippen LogP contribution in [0.4, 0.5) is 0 Å². The molecule has 1 N–H and O–H groups in total. The zero-order valence-corrected chi connectivity index (χ0v) is 15.7. The number of ether oxygens (including phenoxy) is 2. The largest absolute Gasteiger partial charge is 0.486 e. The standard InChI is InChI=1S/C20H21ClN2O4/c1-23(12-16-13-26-17-4-2-3-5-18(17)27-16)19(24)10-11-22-20(25)14-6-8-15(21)9-7-14/h2-9,16H,10-13H2,1H3,(H,22,25)/t16-/m1/s1. The SMILES string of the molecule is CN(C[C@@H]1COc2ccccc2O1)C(=O)CCNC(=O)c1ccc(Cl)cc1. The molecule has 0 saturated heterocycles. The van der Waals surface area contributed by atoms with Gasteiger partial charge < -0.3 is 19.7 Å². The summed E-state index contributed by atoms with van der Waals surface area (Å²) < 4.78 is 11.5. The molecule has 2 aromatic carbocycles. The molecule has 1 aliphatic heterocycles. The van der Waals surface area contributed by atoms with Gasteiger partial charge in [0.1, 0.15) is 6.61 Å². The van der Waals surface area contributed by atoms with Gasteiger partial charge in [-0.25, -0.2) is 0 Å². The van der Waals surface area contributed by atoms with E-state index in [0.717, 1.165) is 0 Å². The topological polar surface area (TPSA) is 67.9 Å². The summed E-state index contributed by atoms with van der Waals surface area (Å²) in [5.74, 6) is 1.09. The molecule has 0 spiro atoms. The molecule has 0 saturated carbocycles. The number of hydrogen-bond acceptors (Lipinski definition) is 4. The van der Waals surface area contributed by atoms with Gasteiger partial charge in [-0.3, -0.25) is 9.59 Å². The summed E-state index contributed by atoms with van der Waals surface area (Å²) in [5, 5.41) is 3.30. The molecule has 142 valence electrons. The van der Waals surface area contributed by atoms with Gasteiger partial charge in [0.05, 0.1) is 6.54 Å². The van der Waals surface area contributed by atoms with Crippen LogP contribution in [-0.2, 0) is 4.79 Å². The Labute approximate surface area is 163 Å². The average Bonchev–Trinajstić information content (AvgIpc) is 2.68. The monoisotopic (exact) mass is 388 g/mol. The van der Waals surface area contributed by atoms with Gasteiger partial charge in [-0.15, -0.1) is 0 Å². The molecule has 7 heteroatoms. The fraction of sp³-hybridized carbons (Fsp3) is 0.300. The van der Waals surface area contributed by atoms with Crippen molar-refractivity contribution < 1.29 is 19.1 Å². The summed E-state index contributed by atoms with van der Waals surface area (Å²) in [4.78, 5) is 25.9. The second-order valence-electron chi connectivity index (χ2n) is 6.28. The normalized spacial score (nSPS) is 15.1. The van der Waals surface area contributed by atoms with Crippen LogP contribution in [0.3, 0.4) is 0 Å². The third-order valence-corrected chi connectivity index (χ3v) is 4.45. The number of para-hydroxylation sites is 2. The zero-order valence-electron chi connectivity index (χ0n) is 15.0. The minimum atomic E-state index is -0.234. The molecule has 0 fully saturated rings. The van der Waals surface area contributed by atoms with Crippen LogP contribution in [0, 0.1) is 0 Å². The van der Waals surface area contributed by atoms with Crippen molar-refractivity contribution in [3.63, 3.8) is 0 Å². The molecule has 3 rings (SSSR count). The first-order valence-corrected chi connectivity index (χ1v) is 9.07. The summed E-state index contributed by atoms with van der Waals surface area (Å²) in [7, 11) is 1.72. The molecule has 0 aromatic heterocycles. The van der Waals surface area contributed by atoms with Crippen molar-refractivity contribution in [1.29, 1.82) is 0 Å². The Kier molecular flexibility index (Phi) is 6.19. The predicted molar refractivity (Wildman–Crippen MR) is 102 cm³/mol. The summed E-state index contributed by atoms with van der Waals surface area (Å²) in [6.07, 6.45) is -0.0162. The second-order valence-corrected chi connectivity index (χ2v) is 6.72. The highest BCUT2D eigenvalue weighted by Gasteiger charge is 2.23. The van der Waals surface area contributed by atoms with Gasteiger partial charge in [-0.1, -0.05) is 23.7 Å². The average molecular weight is 389 g/mol. The fourth-order valence-electron chi connectivity index (χ4n) is 2.74. The first kappa shape index (κ1) is 19.0. The number of amides is 2. The molecule has 0 radical (unpaired) electrons. The Bertz CT molecular complexity index is 810. The Morgan fingerprint density at radius 3 is 2.59 bits per heavy atom. The highest BCUT2D eigenvalue weighted by molar-refractivity contribution is 6.30. The number of likely N-dealkylation sites (N-methyl/N-ethyl adjacent to an activating group) is 1. The Morgan fingerprint density at radius 2 is 1.85 bits per heavy atom. The number of nitrogens with one attached hydrogen (secondary N) is 1. The number of hydrogen-bond donors (Lipinski definition) is 1.